The lowest BCUT2D eigenvalue weighted by Gasteiger charge is -2.11. The maximum Gasteiger partial charge on any atom is 0.149 e. The molecule has 3 N–H and O–H groups in total. The molecule has 126 valence electrons. The summed E-state index contributed by atoms with van der Waals surface area (Å²) in [6.45, 7) is 2.33. The van der Waals surface area contributed by atoms with Gasteiger partial charge in [-0.1, -0.05) is 24.1 Å². The van der Waals surface area contributed by atoms with Gasteiger partial charge in [-0.25, -0.2) is 9.97 Å². The van der Waals surface area contributed by atoms with Gasteiger partial charge < -0.3 is 20.4 Å². The van der Waals surface area contributed by atoms with E-state index in [1.807, 2.05) is 36.4 Å². The standard InChI is InChI=1S/C19H19N5O/c1-2-6-16(7-3-1)25-10-4-5-14-11-17-18(23-14)21-13-22-19(17)24-15-8-9-20-12-15/h1-3,6-7,11,13,15,20H,8-10,12H2,(H2,21,22,23,24). The third-order valence-electron chi connectivity index (χ3n) is 4.10. The van der Waals surface area contributed by atoms with Crippen molar-refractivity contribution in [1.29, 1.82) is 0 Å². The van der Waals surface area contributed by atoms with Crippen LogP contribution in [-0.4, -0.2) is 40.7 Å². The molecule has 6 heteroatoms. The van der Waals surface area contributed by atoms with E-state index in [4.69, 9.17) is 4.74 Å². The maximum absolute atomic E-state index is 5.58. The summed E-state index contributed by atoms with van der Waals surface area (Å²) < 4.78 is 5.58. The monoisotopic (exact) mass is 333 g/mol. The molecule has 1 aliphatic heterocycles. The van der Waals surface area contributed by atoms with Crippen molar-refractivity contribution >= 4 is 16.9 Å². The van der Waals surface area contributed by atoms with Crippen LogP contribution in [0, 0.1) is 11.8 Å². The number of anilines is 1. The van der Waals surface area contributed by atoms with Gasteiger partial charge in [-0.3, -0.25) is 0 Å². The molecule has 2 aromatic heterocycles. The summed E-state index contributed by atoms with van der Waals surface area (Å²) in [4.78, 5) is 11.9. The van der Waals surface area contributed by atoms with E-state index in [0.717, 1.165) is 47.8 Å². The normalized spacial score (nSPS) is 16.4. The van der Waals surface area contributed by atoms with Crippen molar-refractivity contribution in [2.45, 2.75) is 12.5 Å². The zero-order chi connectivity index (χ0) is 16.9. The van der Waals surface area contributed by atoms with E-state index in [0.29, 0.717) is 12.6 Å². The molecule has 6 nitrogen and oxygen atoms in total. The van der Waals surface area contributed by atoms with Crippen LogP contribution in [0.5, 0.6) is 5.75 Å². The summed E-state index contributed by atoms with van der Waals surface area (Å²) in [7, 11) is 0. The quantitative estimate of drug-likeness (QED) is 0.638. The Hall–Kier alpha value is -3.04. The second-order valence-electron chi connectivity index (χ2n) is 5.91. The molecular weight excluding hydrogens is 314 g/mol. The van der Waals surface area contributed by atoms with Gasteiger partial charge in [0.25, 0.3) is 0 Å². The second-order valence-corrected chi connectivity index (χ2v) is 5.91. The van der Waals surface area contributed by atoms with Crippen LogP contribution < -0.4 is 15.4 Å². The number of rotatable bonds is 4. The van der Waals surface area contributed by atoms with Gasteiger partial charge in [0.15, 0.2) is 0 Å². The van der Waals surface area contributed by atoms with E-state index in [1.165, 1.54) is 0 Å². The third kappa shape index (κ3) is 3.73. The number of fused-ring (bicyclic) bond motifs is 1. The van der Waals surface area contributed by atoms with Crippen molar-refractivity contribution in [2.24, 2.45) is 0 Å². The lowest BCUT2D eigenvalue weighted by molar-refractivity contribution is 0.370. The van der Waals surface area contributed by atoms with Crippen LogP contribution in [0.3, 0.4) is 0 Å². The van der Waals surface area contributed by atoms with E-state index < -0.39 is 0 Å². The Balaban J connectivity index is 1.46. The number of benzene rings is 1. The molecule has 0 radical (unpaired) electrons. The molecule has 0 spiro atoms. The predicted molar refractivity (Wildman–Crippen MR) is 97.6 cm³/mol. The average molecular weight is 333 g/mol. The van der Waals surface area contributed by atoms with Crippen LogP contribution in [-0.2, 0) is 0 Å². The number of hydrogen-bond acceptors (Lipinski definition) is 5. The van der Waals surface area contributed by atoms with Crippen LogP contribution in [0.2, 0.25) is 0 Å². The molecule has 1 aliphatic rings. The van der Waals surface area contributed by atoms with Gasteiger partial charge in [0, 0.05) is 12.6 Å². The highest BCUT2D eigenvalue weighted by molar-refractivity contribution is 5.88. The molecule has 1 atom stereocenters. The lowest BCUT2D eigenvalue weighted by Crippen LogP contribution is -2.22. The smallest absolute Gasteiger partial charge is 0.149 e. The zero-order valence-corrected chi connectivity index (χ0v) is 13.7. The molecule has 0 bridgehead atoms. The second kappa shape index (κ2) is 7.24. The summed E-state index contributed by atoms with van der Waals surface area (Å²) >= 11 is 0. The number of hydrogen-bond donors (Lipinski definition) is 3. The van der Waals surface area contributed by atoms with Gasteiger partial charge in [-0.05, 0) is 37.1 Å². The number of para-hydroxylation sites is 1. The van der Waals surface area contributed by atoms with Crippen molar-refractivity contribution in [3.63, 3.8) is 0 Å². The van der Waals surface area contributed by atoms with E-state index in [2.05, 4.69) is 37.4 Å². The van der Waals surface area contributed by atoms with Crippen LogP contribution in [0.25, 0.3) is 11.0 Å². The molecular formula is C19H19N5O. The first-order valence-electron chi connectivity index (χ1n) is 8.36. The highest BCUT2D eigenvalue weighted by atomic mass is 16.5. The number of ether oxygens (including phenoxy) is 1. The SMILES string of the molecule is C(#Cc1cc2c(NC3CCNC3)ncnc2[nH]1)COc1ccccc1. The van der Waals surface area contributed by atoms with Gasteiger partial charge >= 0.3 is 0 Å². The Labute approximate surface area is 146 Å². The Bertz CT molecular complexity index is 904. The highest BCUT2D eigenvalue weighted by Gasteiger charge is 2.16. The van der Waals surface area contributed by atoms with Crippen molar-refractivity contribution in [1.82, 2.24) is 20.3 Å². The van der Waals surface area contributed by atoms with E-state index in [1.54, 1.807) is 6.33 Å². The van der Waals surface area contributed by atoms with E-state index in [9.17, 15) is 0 Å². The predicted octanol–water partition coefficient (Wildman–Crippen LogP) is 2.16. The van der Waals surface area contributed by atoms with Gasteiger partial charge in [0.1, 0.15) is 30.1 Å². The van der Waals surface area contributed by atoms with Crippen LogP contribution in [0.4, 0.5) is 5.82 Å². The first kappa shape index (κ1) is 15.5. The Morgan fingerprint density at radius 2 is 2.16 bits per heavy atom. The number of aromatic amines is 1. The Kier molecular flexibility index (Phi) is 4.49. The number of H-pyrrole nitrogens is 1. The molecule has 0 aliphatic carbocycles. The molecule has 1 fully saturated rings. The number of aromatic nitrogens is 3. The maximum atomic E-state index is 5.58. The average Bonchev–Trinajstić information content (AvgIpc) is 3.29. The zero-order valence-electron chi connectivity index (χ0n) is 13.7. The van der Waals surface area contributed by atoms with Gasteiger partial charge in [0.2, 0.25) is 0 Å². The van der Waals surface area contributed by atoms with E-state index >= 15 is 0 Å². The molecule has 1 unspecified atom stereocenters. The fourth-order valence-electron chi connectivity index (χ4n) is 2.86. The molecule has 0 amide bonds. The fourth-order valence-corrected chi connectivity index (χ4v) is 2.86. The number of nitrogens with zero attached hydrogens (tertiary/aromatic N) is 2. The summed E-state index contributed by atoms with van der Waals surface area (Å²) in [6.07, 6.45) is 2.67. The topological polar surface area (TPSA) is 74.9 Å². The largest absolute Gasteiger partial charge is 0.481 e. The van der Waals surface area contributed by atoms with E-state index in [-0.39, 0.29) is 0 Å². The van der Waals surface area contributed by atoms with Gasteiger partial charge in [-0.15, -0.1) is 0 Å². The van der Waals surface area contributed by atoms with Crippen molar-refractivity contribution in [3.8, 4) is 17.6 Å². The third-order valence-corrected chi connectivity index (χ3v) is 4.10. The minimum atomic E-state index is 0.337. The molecule has 3 heterocycles. The Morgan fingerprint density at radius 3 is 3.00 bits per heavy atom. The summed E-state index contributed by atoms with van der Waals surface area (Å²) in [6, 6.07) is 12.0. The minimum Gasteiger partial charge on any atom is -0.481 e. The Morgan fingerprint density at radius 1 is 1.24 bits per heavy atom. The van der Waals surface area contributed by atoms with Gasteiger partial charge in [-0.2, -0.15) is 0 Å². The van der Waals surface area contributed by atoms with Gasteiger partial charge in [0.05, 0.1) is 11.1 Å². The molecule has 0 saturated carbocycles. The number of nitrogens with one attached hydrogen (secondary N) is 3. The summed E-state index contributed by atoms with van der Waals surface area (Å²) in [5.74, 6) is 7.77. The first-order valence-corrected chi connectivity index (χ1v) is 8.36. The van der Waals surface area contributed by atoms with Crippen molar-refractivity contribution < 1.29 is 4.74 Å². The minimum absolute atomic E-state index is 0.337. The van der Waals surface area contributed by atoms with Crippen molar-refractivity contribution in [3.05, 3.63) is 48.4 Å². The summed E-state index contributed by atoms with van der Waals surface area (Å²) in [5.41, 5.74) is 1.59. The molecule has 1 aromatic carbocycles. The molecule has 25 heavy (non-hydrogen) atoms. The first-order chi connectivity index (χ1) is 12.4. The molecule has 1 saturated heterocycles. The lowest BCUT2D eigenvalue weighted by atomic mass is 10.2. The molecule has 4 rings (SSSR count). The van der Waals surface area contributed by atoms with Crippen LogP contribution >= 0.6 is 0 Å². The van der Waals surface area contributed by atoms with Crippen LogP contribution in [0.15, 0.2) is 42.7 Å². The van der Waals surface area contributed by atoms with Crippen molar-refractivity contribution in [2.75, 3.05) is 25.0 Å². The fraction of sp³-hybridized carbons (Fsp3) is 0.263. The molecule has 3 aromatic rings. The summed E-state index contributed by atoms with van der Waals surface area (Å²) in [5, 5.41) is 7.78. The van der Waals surface area contributed by atoms with Crippen LogP contribution in [0.1, 0.15) is 12.1 Å². The highest BCUT2D eigenvalue weighted by Crippen LogP contribution is 2.21.